The third kappa shape index (κ3) is 4.58. The van der Waals surface area contributed by atoms with E-state index < -0.39 is 0 Å². The van der Waals surface area contributed by atoms with Crippen molar-refractivity contribution in [3.05, 3.63) is 64.7 Å². The van der Waals surface area contributed by atoms with Crippen LogP contribution in [0.2, 0.25) is 5.02 Å². The maximum atomic E-state index is 12.2. The Kier molecular flexibility index (Phi) is 5.58. The van der Waals surface area contributed by atoms with E-state index in [4.69, 9.17) is 11.6 Å². The molecule has 0 spiro atoms. The first-order valence-corrected chi connectivity index (χ1v) is 7.72. The molecule has 0 aliphatic heterocycles. The molecule has 0 saturated carbocycles. The van der Waals surface area contributed by atoms with Crippen molar-refractivity contribution in [1.29, 1.82) is 0 Å². The van der Waals surface area contributed by atoms with Gasteiger partial charge in [0.25, 0.3) is 0 Å². The summed E-state index contributed by atoms with van der Waals surface area (Å²) >= 11 is 6.00. The predicted molar refractivity (Wildman–Crippen MR) is 92.3 cm³/mol. The first kappa shape index (κ1) is 16.5. The van der Waals surface area contributed by atoms with Crippen LogP contribution >= 0.6 is 11.6 Å². The third-order valence-electron chi connectivity index (χ3n) is 3.56. The first-order chi connectivity index (χ1) is 10.5. The van der Waals surface area contributed by atoms with Crippen molar-refractivity contribution in [3.8, 4) is 0 Å². The molecule has 2 atom stereocenters. The van der Waals surface area contributed by atoms with Gasteiger partial charge in [-0.05, 0) is 50.6 Å². The van der Waals surface area contributed by atoms with Gasteiger partial charge >= 0.3 is 0 Å². The molecular formula is C18H21ClN2O. The van der Waals surface area contributed by atoms with E-state index in [0.29, 0.717) is 5.02 Å². The summed E-state index contributed by atoms with van der Waals surface area (Å²) in [6, 6.07) is 15.1. The number of aryl methyl sites for hydroxylation is 1. The highest BCUT2D eigenvalue weighted by Crippen LogP contribution is 2.18. The Morgan fingerprint density at radius 3 is 2.41 bits per heavy atom. The van der Waals surface area contributed by atoms with Gasteiger partial charge in [-0.2, -0.15) is 0 Å². The van der Waals surface area contributed by atoms with Crippen LogP contribution in [0.3, 0.4) is 0 Å². The molecule has 4 heteroatoms. The van der Waals surface area contributed by atoms with E-state index in [1.165, 1.54) is 5.56 Å². The van der Waals surface area contributed by atoms with E-state index in [9.17, 15) is 4.79 Å². The summed E-state index contributed by atoms with van der Waals surface area (Å²) < 4.78 is 0. The summed E-state index contributed by atoms with van der Waals surface area (Å²) in [4.78, 5) is 12.2. The molecule has 2 rings (SSSR count). The summed E-state index contributed by atoms with van der Waals surface area (Å²) in [5.41, 5.74) is 3.03. The molecule has 0 aliphatic carbocycles. The van der Waals surface area contributed by atoms with Crippen LogP contribution in [0.5, 0.6) is 0 Å². The van der Waals surface area contributed by atoms with Crippen LogP contribution < -0.4 is 10.6 Å². The topological polar surface area (TPSA) is 41.1 Å². The van der Waals surface area contributed by atoms with Crippen LogP contribution in [0.4, 0.5) is 5.69 Å². The van der Waals surface area contributed by atoms with E-state index in [-0.39, 0.29) is 18.0 Å². The predicted octanol–water partition coefficient (Wildman–Crippen LogP) is 4.33. The van der Waals surface area contributed by atoms with E-state index in [1.54, 1.807) is 0 Å². The number of benzene rings is 2. The van der Waals surface area contributed by atoms with Gasteiger partial charge in [-0.3, -0.25) is 10.1 Å². The molecule has 0 unspecified atom stereocenters. The van der Waals surface area contributed by atoms with Crippen LogP contribution in [0, 0.1) is 6.92 Å². The number of halogens is 1. The summed E-state index contributed by atoms with van der Waals surface area (Å²) in [5, 5.41) is 6.89. The average molecular weight is 317 g/mol. The molecule has 22 heavy (non-hydrogen) atoms. The molecule has 0 aliphatic rings. The Balaban J connectivity index is 1.94. The van der Waals surface area contributed by atoms with Crippen molar-refractivity contribution in [2.75, 3.05) is 5.32 Å². The van der Waals surface area contributed by atoms with E-state index in [2.05, 4.69) is 10.6 Å². The van der Waals surface area contributed by atoms with Gasteiger partial charge in [0.1, 0.15) is 0 Å². The number of carbonyl (C=O) groups is 1. The number of amides is 1. The zero-order valence-corrected chi connectivity index (χ0v) is 13.8. The van der Waals surface area contributed by atoms with Crippen molar-refractivity contribution in [3.63, 3.8) is 0 Å². The second kappa shape index (κ2) is 7.43. The molecule has 0 radical (unpaired) electrons. The van der Waals surface area contributed by atoms with Gasteiger partial charge in [0.2, 0.25) is 5.91 Å². The SMILES string of the molecule is Cc1ccc(NC(=O)[C@H](C)N[C@H](C)c2cccc(Cl)c2)cc1. The highest BCUT2D eigenvalue weighted by atomic mass is 35.5. The van der Waals surface area contributed by atoms with Crippen LogP contribution in [-0.2, 0) is 4.79 Å². The fourth-order valence-electron chi connectivity index (χ4n) is 2.21. The first-order valence-electron chi connectivity index (χ1n) is 7.35. The van der Waals surface area contributed by atoms with Crippen molar-refractivity contribution in [2.45, 2.75) is 32.9 Å². The lowest BCUT2D eigenvalue weighted by Crippen LogP contribution is -2.39. The zero-order valence-electron chi connectivity index (χ0n) is 13.1. The van der Waals surface area contributed by atoms with Crippen molar-refractivity contribution < 1.29 is 4.79 Å². The number of rotatable bonds is 5. The Hall–Kier alpha value is -1.84. The van der Waals surface area contributed by atoms with E-state index in [1.807, 2.05) is 69.3 Å². The number of anilines is 1. The lowest BCUT2D eigenvalue weighted by Gasteiger charge is -2.20. The van der Waals surface area contributed by atoms with Gasteiger partial charge < -0.3 is 5.32 Å². The average Bonchev–Trinajstić information content (AvgIpc) is 2.49. The van der Waals surface area contributed by atoms with Crippen LogP contribution in [0.25, 0.3) is 0 Å². The van der Waals surface area contributed by atoms with Gasteiger partial charge in [0.15, 0.2) is 0 Å². The quantitative estimate of drug-likeness (QED) is 0.862. The number of carbonyl (C=O) groups excluding carboxylic acids is 1. The summed E-state index contributed by atoms with van der Waals surface area (Å²) in [6.07, 6.45) is 0. The Labute approximate surface area is 136 Å². The third-order valence-corrected chi connectivity index (χ3v) is 3.80. The van der Waals surface area contributed by atoms with E-state index in [0.717, 1.165) is 11.3 Å². The summed E-state index contributed by atoms with van der Waals surface area (Å²) in [7, 11) is 0. The Morgan fingerprint density at radius 1 is 1.09 bits per heavy atom. The smallest absolute Gasteiger partial charge is 0.241 e. The number of hydrogen-bond acceptors (Lipinski definition) is 2. The highest BCUT2D eigenvalue weighted by Gasteiger charge is 2.16. The minimum Gasteiger partial charge on any atom is -0.325 e. The Bertz CT molecular complexity index is 640. The summed E-state index contributed by atoms with van der Waals surface area (Å²) in [6.45, 7) is 5.88. The normalized spacial score (nSPS) is 13.5. The standard InChI is InChI=1S/C18H21ClN2O/c1-12-7-9-17(10-8-12)21-18(22)14(3)20-13(2)15-5-4-6-16(19)11-15/h4-11,13-14,20H,1-3H3,(H,21,22)/t13-,14+/m1/s1. The maximum Gasteiger partial charge on any atom is 0.241 e. The Morgan fingerprint density at radius 2 is 1.77 bits per heavy atom. The lowest BCUT2D eigenvalue weighted by molar-refractivity contribution is -0.117. The van der Waals surface area contributed by atoms with Crippen molar-refractivity contribution in [2.24, 2.45) is 0 Å². The molecule has 2 aromatic rings. The van der Waals surface area contributed by atoms with Gasteiger partial charge in [0.05, 0.1) is 6.04 Å². The highest BCUT2D eigenvalue weighted by molar-refractivity contribution is 6.30. The molecule has 0 aromatic heterocycles. The second-order valence-corrected chi connectivity index (χ2v) is 5.96. The molecule has 3 nitrogen and oxygen atoms in total. The fraction of sp³-hybridized carbons (Fsp3) is 0.278. The van der Waals surface area contributed by atoms with Crippen molar-refractivity contribution in [1.82, 2.24) is 5.32 Å². The molecule has 2 N–H and O–H groups in total. The molecule has 0 fully saturated rings. The van der Waals surface area contributed by atoms with Crippen LogP contribution in [0.1, 0.15) is 31.0 Å². The van der Waals surface area contributed by atoms with Crippen molar-refractivity contribution >= 4 is 23.2 Å². The molecule has 0 heterocycles. The van der Waals surface area contributed by atoms with Gasteiger partial charge in [-0.15, -0.1) is 0 Å². The second-order valence-electron chi connectivity index (χ2n) is 5.52. The molecule has 0 bridgehead atoms. The largest absolute Gasteiger partial charge is 0.325 e. The zero-order chi connectivity index (χ0) is 16.1. The molecular weight excluding hydrogens is 296 g/mol. The summed E-state index contributed by atoms with van der Waals surface area (Å²) in [5.74, 6) is -0.0577. The number of nitrogens with one attached hydrogen (secondary N) is 2. The van der Waals surface area contributed by atoms with Gasteiger partial charge in [-0.25, -0.2) is 0 Å². The minimum absolute atomic E-state index is 0.0393. The van der Waals surface area contributed by atoms with Gasteiger partial charge in [0, 0.05) is 16.8 Å². The van der Waals surface area contributed by atoms with Gasteiger partial charge in [-0.1, -0.05) is 41.4 Å². The molecule has 1 amide bonds. The monoisotopic (exact) mass is 316 g/mol. The molecule has 0 saturated heterocycles. The van der Waals surface area contributed by atoms with E-state index >= 15 is 0 Å². The minimum atomic E-state index is -0.310. The van der Waals surface area contributed by atoms with Crippen LogP contribution in [-0.4, -0.2) is 11.9 Å². The lowest BCUT2D eigenvalue weighted by atomic mass is 10.1. The number of hydrogen-bond donors (Lipinski definition) is 2. The molecule has 116 valence electrons. The van der Waals surface area contributed by atoms with Crippen LogP contribution in [0.15, 0.2) is 48.5 Å². The molecule has 2 aromatic carbocycles. The maximum absolute atomic E-state index is 12.2. The fourth-order valence-corrected chi connectivity index (χ4v) is 2.41.